The van der Waals surface area contributed by atoms with Gasteiger partial charge >= 0.3 is 0 Å². The second-order valence-electron chi connectivity index (χ2n) is 5.17. The normalized spacial score (nSPS) is 17.1. The number of rotatable bonds is 3. The third-order valence-corrected chi connectivity index (χ3v) is 3.63. The van der Waals surface area contributed by atoms with Gasteiger partial charge in [-0.1, -0.05) is 0 Å². The lowest BCUT2D eigenvalue weighted by atomic mass is 9.80. The number of anilines is 1. The standard InChI is InChI=1S/C14H16N2O3/c15-10-2-3-11-9(6-10)7-12(19-11)13(17)16-8-14(18)4-1-5-14/h2-3,6-7,18H,1,4-5,8,15H2,(H,16,17). The van der Waals surface area contributed by atoms with Gasteiger partial charge in [-0.15, -0.1) is 0 Å². The van der Waals surface area contributed by atoms with Crippen LogP contribution in [0.5, 0.6) is 0 Å². The highest BCUT2D eigenvalue weighted by molar-refractivity contribution is 5.96. The molecule has 0 unspecified atom stereocenters. The minimum absolute atomic E-state index is 0.239. The fraction of sp³-hybridized carbons (Fsp3) is 0.357. The molecule has 0 aliphatic heterocycles. The molecular formula is C14H16N2O3. The third kappa shape index (κ3) is 2.29. The number of hydrogen-bond donors (Lipinski definition) is 3. The van der Waals surface area contributed by atoms with E-state index in [4.69, 9.17) is 10.2 Å². The molecule has 0 atom stereocenters. The Morgan fingerprint density at radius 1 is 1.42 bits per heavy atom. The number of hydrogen-bond acceptors (Lipinski definition) is 4. The van der Waals surface area contributed by atoms with Crippen LogP contribution >= 0.6 is 0 Å². The summed E-state index contributed by atoms with van der Waals surface area (Å²) in [4.78, 5) is 11.9. The highest BCUT2D eigenvalue weighted by atomic mass is 16.3. The molecule has 5 heteroatoms. The lowest BCUT2D eigenvalue weighted by Crippen LogP contribution is -2.47. The Morgan fingerprint density at radius 3 is 2.89 bits per heavy atom. The predicted octanol–water partition coefficient (Wildman–Crippen LogP) is 1.66. The molecular weight excluding hydrogens is 244 g/mol. The van der Waals surface area contributed by atoms with E-state index in [0.717, 1.165) is 24.6 Å². The zero-order valence-electron chi connectivity index (χ0n) is 10.5. The van der Waals surface area contributed by atoms with Crippen molar-refractivity contribution in [3.05, 3.63) is 30.0 Å². The minimum atomic E-state index is -0.730. The fourth-order valence-corrected chi connectivity index (χ4v) is 2.27. The van der Waals surface area contributed by atoms with Crippen molar-refractivity contribution in [3.63, 3.8) is 0 Å². The molecule has 0 saturated heterocycles. The van der Waals surface area contributed by atoms with E-state index >= 15 is 0 Å². The Balaban J connectivity index is 1.74. The summed E-state index contributed by atoms with van der Waals surface area (Å²) in [6.07, 6.45) is 2.49. The van der Waals surface area contributed by atoms with E-state index in [-0.39, 0.29) is 18.2 Å². The number of carbonyl (C=O) groups is 1. The summed E-state index contributed by atoms with van der Waals surface area (Å²) in [5, 5.41) is 13.4. The van der Waals surface area contributed by atoms with Crippen LogP contribution in [0, 0.1) is 0 Å². The predicted molar refractivity (Wildman–Crippen MR) is 71.8 cm³/mol. The maximum absolute atomic E-state index is 11.9. The van der Waals surface area contributed by atoms with Crippen LogP contribution in [-0.2, 0) is 0 Å². The van der Waals surface area contributed by atoms with Crippen LogP contribution < -0.4 is 11.1 Å². The van der Waals surface area contributed by atoms with Gasteiger partial charge in [0.05, 0.1) is 5.60 Å². The van der Waals surface area contributed by atoms with E-state index in [9.17, 15) is 9.90 Å². The zero-order chi connectivity index (χ0) is 13.5. The number of nitrogens with two attached hydrogens (primary N) is 1. The van der Waals surface area contributed by atoms with E-state index in [0.29, 0.717) is 11.3 Å². The number of nitrogens with one attached hydrogen (secondary N) is 1. The molecule has 1 aromatic heterocycles. The summed E-state index contributed by atoms with van der Waals surface area (Å²) in [7, 11) is 0. The first kappa shape index (κ1) is 12.0. The van der Waals surface area contributed by atoms with Gasteiger partial charge in [0.2, 0.25) is 0 Å². The van der Waals surface area contributed by atoms with Crippen LogP contribution in [-0.4, -0.2) is 23.2 Å². The molecule has 1 aliphatic rings. The van der Waals surface area contributed by atoms with Gasteiger partial charge in [0, 0.05) is 17.6 Å². The van der Waals surface area contributed by atoms with Crippen molar-refractivity contribution in [2.24, 2.45) is 0 Å². The number of carbonyl (C=O) groups excluding carboxylic acids is 1. The molecule has 1 aromatic carbocycles. The maximum atomic E-state index is 11.9. The van der Waals surface area contributed by atoms with E-state index in [2.05, 4.69) is 5.32 Å². The van der Waals surface area contributed by atoms with E-state index in [1.54, 1.807) is 24.3 Å². The van der Waals surface area contributed by atoms with Crippen molar-refractivity contribution >= 4 is 22.6 Å². The lowest BCUT2D eigenvalue weighted by molar-refractivity contribution is -0.0301. The Labute approximate surface area is 110 Å². The van der Waals surface area contributed by atoms with Crippen LogP contribution in [0.15, 0.2) is 28.7 Å². The van der Waals surface area contributed by atoms with E-state index < -0.39 is 5.60 Å². The smallest absolute Gasteiger partial charge is 0.287 e. The molecule has 1 saturated carbocycles. The Morgan fingerprint density at radius 2 is 2.21 bits per heavy atom. The van der Waals surface area contributed by atoms with Gasteiger partial charge in [-0.05, 0) is 43.5 Å². The molecule has 0 radical (unpaired) electrons. The van der Waals surface area contributed by atoms with Crippen LogP contribution in [0.3, 0.4) is 0 Å². The second kappa shape index (κ2) is 4.28. The van der Waals surface area contributed by atoms with Crippen LogP contribution in [0.25, 0.3) is 11.0 Å². The van der Waals surface area contributed by atoms with Crippen molar-refractivity contribution in [2.75, 3.05) is 12.3 Å². The number of aliphatic hydroxyl groups is 1. The minimum Gasteiger partial charge on any atom is -0.451 e. The summed E-state index contributed by atoms with van der Waals surface area (Å²) in [6.45, 7) is 0.269. The summed E-state index contributed by atoms with van der Waals surface area (Å²) in [5.74, 6) is -0.0707. The average molecular weight is 260 g/mol. The monoisotopic (exact) mass is 260 g/mol. The van der Waals surface area contributed by atoms with Gasteiger partial charge in [0.1, 0.15) is 5.58 Å². The first-order valence-corrected chi connectivity index (χ1v) is 6.35. The third-order valence-electron chi connectivity index (χ3n) is 3.63. The van der Waals surface area contributed by atoms with E-state index in [1.807, 2.05) is 0 Å². The summed E-state index contributed by atoms with van der Waals surface area (Å²) >= 11 is 0. The van der Waals surface area contributed by atoms with Gasteiger partial charge in [-0.3, -0.25) is 4.79 Å². The number of amides is 1. The summed E-state index contributed by atoms with van der Waals surface area (Å²) in [6, 6.07) is 6.88. The average Bonchev–Trinajstić information content (AvgIpc) is 2.76. The Kier molecular flexibility index (Phi) is 2.71. The lowest BCUT2D eigenvalue weighted by Gasteiger charge is -2.36. The molecule has 1 heterocycles. The summed E-state index contributed by atoms with van der Waals surface area (Å²) < 4.78 is 5.45. The number of fused-ring (bicyclic) bond motifs is 1. The first-order valence-electron chi connectivity index (χ1n) is 6.35. The molecule has 4 N–H and O–H groups in total. The topological polar surface area (TPSA) is 88.5 Å². The number of nitrogen functional groups attached to an aromatic ring is 1. The van der Waals surface area contributed by atoms with Gasteiger partial charge in [0.25, 0.3) is 5.91 Å². The second-order valence-corrected chi connectivity index (χ2v) is 5.17. The molecule has 19 heavy (non-hydrogen) atoms. The van der Waals surface area contributed by atoms with Crippen molar-refractivity contribution in [1.82, 2.24) is 5.32 Å². The van der Waals surface area contributed by atoms with Crippen molar-refractivity contribution in [1.29, 1.82) is 0 Å². The molecule has 100 valence electrons. The highest BCUT2D eigenvalue weighted by Crippen LogP contribution is 2.30. The largest absolute Gasteiger partial charge is 0.451 e. The van der Waals surface area contributed by atoms with E-state index in [1.165, 1.54) is 0 Å². The number of benzene rings is 1. The molecule has 0 spiro atoms. The van der Waals surface area contributed by atoms with Crippen molar-refractivity contribution in [3.8, 4) is 0 Å². The van der Waals surface area contributed by atoms with Gasteiger partial charge in [0.15, 0.2) is 5.76 Å². The van der Waals surface area contributed by atoms with Crippen molar-refractivity contribution in [2.45, 2.75) is 24.9 Å². The maximum Gasteiger partial charge on any atom is 0.287 e. The highest BCUT2D eigenvalue weighted by Gasteiger charge is 2.34. The van der Waals surface area contributed by atoms with Crippen LogP contribution in [0.4, 0.5) is 5.69 Å². The molecule has 2 aromatic rings. The Bertz CT molecular complexity index is 629. The fourth-order valence-electron chi connectivity index (χ4n) is 2.27. The molecule has 1 amide bonds. The van der Waals surface area contributed by atoms with Crippen LogP contribution in [0.2, 0.25) is 0 Å². The van der Waals surface area contributed by atoms with Gasteiger partial charge < -0.3 is 20.6 Å². The van der Waals surface area contributed by atoms with Crippen LogP contribution in [0.1, 0.15) is 29.8 Å². The SMILES string of the molecule is Nc1ccc2oc(C(=O)NCC3(O)CCC3)cc2c1. The quantitative estimate of drug-likeness (QED) is 0.732. The molecule has 1 fully saturated rings. The molecule has 3 rings (SSSR count). The molecule has 5 nitrogen and oxygen atoms in total. The molecule has 1 aliphatic carbocycles. The van der Waals surface area contributed by atoms with Gasteiger partial charge in [-0.2, -0.15) is 0 Å². The zero-order valence-corrected chi connectivity index (χ0v) is 10.5. The first-order chi connectivity index (χ1) is 9.06. The van der Waals surface area contributed by atoms with Crippen molar-refractivity contribution < 1.29 is 14.3 Å². The number of furan rings is 1. The van der Waals surface area contributed by atoms with Gasteiger partial charge in [-0.25, -0.2) is 0 Å². The summed E-state index contributed by atoms with van der Waals surface area (Å²) in [5.41, 5.74) is 6.20. The Hall–Kier alpha value is -2.01. The molecule has 0 bridgehead atoms.